The number of thiazole rings is 1. The van der Waals surface area contributed by atoms with Gasteiger partial charge in [0.05, 0.1) is 34.9 Å². The molecule has 34 heavy (non-hydrogen) atoms. The first-order valence-electron chi connectivity index (χ1n) is 11.6. The van der Waals surface area contributed by atoms with Gasteiger partial charge in [-0.2, -0.15) is 0 Å². The predicted molar refractivity (Wildman–Crippen MR) is 145 cm³/mol. The molecule has 8 heteroatoms. The Morgan fingerprint density at radius 1 is 1.12 bits per heavy atom. The first kappa shape index (κ1) is 26.9. The topological polar surface area (TPSA) is 45.7 Å². The molecule has 4 rings (SSSR count). The standard InChI is InChI=1S/C26H32ClN3O2S.ClH/c1-17-14-19(3)21(20(4)15-17)16-23(31)30(9-5-8-29-10-12-32-13-11-29)26-28-24-18(2)6-7-22(27)25(24)33-26;/h6-7,14-15H,5,8-13,16H2,1-4H3;1H. The number of fused-ring (bicyclic) bond motifs is 1. The number of rotatable bonds is 7. The van der Waals surface area contributed by atoms with Crippen molar-refractivity contribution in [3.63, 3.8) is 0 Å². The van der Waals surface area contributed by atoms with Gasteiger partial charge in [0.25, 0.3) is 0 Å². The fourth-order valence-electron chi connectivity index (χ4n) is 4.55. The van der Waals surface area contributed by atoms with Crippen molar-refractivity contribution in [2.24, 2.45) is 0 Å². The smallest absolute Gasteiger partial charge is 0.233 e. The third-order valence-corrected chi connectivity index (χ3v) is 7.88. The molecule has 2 heterocycles. The highest BCUT2D eigenvalue weighted by Crippen LogP contribution is 2.36. The Hall–Kier alpha value is -1.70. The van der Waals surface area contributed by atoms with E-state index in [1.54, 1.807) is 0 Å². The van der Waals surface area contributed by atoms with Gasteiger partial charge in [0.1, 0.15) is 0 Å². The van der Waals surface area contributed by atoms with E-state index in [2.05, 4.69) is 37.8 Å². The second kappa shape index (κ2) is 11.8. The number of carbonyl (C=O) groups excluding carboxylic acids is 1. The molecule has 1 saturated heterocycles. The monoisotopic (exact) mass is 521 g/mol. The van der Waals surface area contributed by atoms with Crippen LogP contribution in [0.1, 0.15) is 34.2 Å². The number of benzene rings is 2. The molecule has 184 valence electrons. The Balaban J connectivity index is 0.00000324. The highest BCUT2D eigenvalue weighted by atomic mass is 35.5. The largest absolute Gasteiger partial charge is 0.379 e. The number of aryl methyl sites for hydroxylation is 4. The first-order chi connectivity index (χ1) is 15.8. The number of morpholine rings is 1. The van der Waals surface area contributed by atoms with E-state index in [1.807, 2.05) is 24.0 Å². The van der Waals surface area contributed by atoms with E-state index < -0.39 is 0 Å². The Morgan fingerprint density at radius 2 is 1.79 bits per heavy atom. The molecule has 1 fully saturated rings. The summed E-state index contributed by atoms with van der Waals surface area (Å²) in [5.41, 5.74) is 6.62. The Bertz CT molecular complexity index is 1100. The number of amides is 1. The molecule has 0 saturated carbocycles. The van der Waals surface area contributed by atoms with Gasteiger partial charge < -0.3 is 4.74 Å². The molecule has 0 bridgehead atoms. The summed E-state index contributed by atoms with van der Waals surface area (Å²) in [6.07, 6.45) is 1.26. The molecule has 1 amide bonds. The fourth-order valence-corrected chi connectivity index (χ4v) is 5.91. The van der Waals surface area contributed by atoms with Crippen LogP contribution in [0.4, 0.5) is 5.13 Å². The molecular weight excluding hydrogens is 489 g/mol. The van der Waals surface area contributed by atoms with Gasteiger partial charge in [0.2, 0.25) is 5.91 Å². The number of anilines is 1. The van der Waals surface area contributed by atoms with Gasteiger partial charge >= 0.3 is 0 Å². The van der Waals surface area contributed by atoms with Crippen molar-refractivity contribution in [3.05, 3.63) is 57.1 Å². The van der Waals surface area contributed by atoms with Crippen LogP contribution in [-0.4, -0.2) is 55.2 Å². The zero-order chi connectivity index (χ0) is 23.5. The van der Waals surface area contributed by atoms with Gasteiger partial charge in [0.15, 0.2) is 5.13 Å². The Morgan fingerprint density at radius 3 is 2.44 bits per heavy atom. The predicted octanol–water partition coefficient (Wildman–Crippen LogP) is 5.90. The van der Waals surface area contributed by atoms with E-state index in [0.717, 1.165) is 76.9 Å². The molecule has 0 aliphatic carbocycles. The number of ether oxygens (including phenoxy) is 1. The van der Waals surface area contributed by atoms with Crippen molar-refractivity contribution in [3.8, 4) is 0 Å². The summed E-state index contributed by atoms with van der Waals surface area (Å²) < 4.78 is 6.41. The zero-order valence-electron chi connectivity index (χ0n) is 20.3. The average Bonchev–Trinajstić information content (AvgIpc) is 3.23. The van der Waals surface area contributed by atoms with E-state index >= 15 is 0 Å². The molecule has 0 radical (unpaired) electrons. The SMILES string of the molecule is Cc1cc(C)c(CC(=O)N(CCCN2CCOCC2)c2nc3c(C)ccc(Cl)c3s2)c(C)c1.Cl. The highest BCUT2D eigenvalue weighted by Gasteiger charge is 2.23. The minimum atomic E-state index is 0. The van der Waals surface area contributed by atoms with Crippen LogP contribution in [0, 0.1) is 27.7 Å². The highest BCUT2D eigenvalue weighted by molar-refractivity contribution is 7.23. The lowest BCUT2D eigenvalue weighted by Gasteiger charge is -2.28. The van der Waals surface area contributed by atoms with Crippen LogP contribution in [0.25, 0.3) is 10.2 Å². The number of hydrogen-bond acceptors (Lipinski definition) is 5. The number of carbonyl (C=O) groups is 1. The summed E-state index contributed by atoms with van der Waals surface area (Å²) >= 11 is 7.98. The van der Waals surface area contributed by atoms with Crippen LogP contribution < -0.4 is 4.90 Å². The maximum Gasteiger partial charge on any atom is 0.233 e. The second-order valence-electron chi connectivity index (χ2n) is 8.95. The van der Waals surface area contributed by atoms with Gasteiger partial charge in [-0.3, -0.25) is 14.6 Å². The van der Waals surface area contributed by atoms with Crippen molar-refractivity contribution < 1.29 is 9.53 Å². The molecular formula is C26H33Cl2N3O2S. The molecule has 0 atom stereocenters. The van der Waals surface area contributed by atoms with Gasteiger partial charge in [-0.15, -0.1) is 12.4 Å². The second-order valence-corrected chi connectivity index (χ2v) is 10.3. The summed E-state index contributed by atoms with van der Waals surface area (Å²) in [5, 5.41) is 1.42. The minimum absolute atomic E-state index is 0. The lowest BCUT2D eigenvalue weighted by molar-refractivity contribution is -0.118. The normalized spacial score (nSPS) is 14.3. The maximum absolute atomic E-state index is 13.7. The molecule has 2 aromatic carbocycles. The third-order valence-electron chi connectivity index (χ3n) is 6.35. The molecule has 1 aromatic heterocycles. The number of halogens is 2. The molecule has 1 aliphatic rings. The first-order valence-corrected chi connectivity index (χ1v) is 12.8. The van der Waals surface area contributed by atoms with Crippen molar-refractivity contribution in [2.75, 3.05) is 44.3 Å². The van der Waals surface area contributed by atoms with E-state index in [4.69, 9.17) is 21.3 Å². The maximum atomic E-state index is 13.7. The van der Waals surface area contributed by atoms with Crippen LogP contribution in [-0.2, 0) is 16.0 Å². The minimum Gasteiger partial charge on any atom is -0.379 e. The van der Waals surface area contributed by atoms with Crippen LogP contribution in [0.5, 0.6) is 0 Å². The van der Waals surface area contributed by atoms with Gasteiger partial charge in [0, 0.05) is 26.2 Å². The van der Waals surface area contributed by atoms with Gasteiger partial charge in [-0.05, 0) is 62.4 Å². The van der Waals surface area contributed by atoms with Crippen molar-refractivity contribution in [1.82, 2.24) is 9.88 Å². The lowest BCUT2D eigenvalue weighted by Crippen LogP contribution is -2.39. The fraction of sp³-hybridized carbons (Fsp3) is 0.462. The number of aromatic nitrogens is 1. The zero-order valence-corrected chi connectivity index (χ0v) is 22.7. The van der Waals surface area contributed by atoms with E-state index in [-0.39, 0.29) is 18.3 Å². The van der Waals surface area contributed by atoms with Crippen LogP contribution in [0.15, 0.2) is 24.3 Å². The molecule has 1 aliphatic heterocycles. The molecule has 0 N–H and O–H groups in total. The average molecular weight is 523 g/mol. The molecule has 5 nitrogen and oxygen atoms in total. The van der Waals surface area contributed by atoms with E-state index in [9.17, 15) is 4.79 Å². The summed E-state index contributed by atoms with van der Waals surface area (Å²) in [5.74, 6) is 0.0832. The van der Waals surface area contributed by atoms with E-state index in [0.29, 0.717) is 18.0 Å². The summed E-state index contributed by atoms with van der Waals surface area (Å²) in [6, 6.07) is 8.20. The summed E-state index contributed by atoms with van der Waals surface area (Å²) in [6.45, 7) is 13.4. The Labute approximate surface area is 217 Å². The van der Waals surface area contributed by atoms with Gasteiger partial charge in [-0.1, -0.05) is 46.7 Å². The third kappa shape index (κ3) is 6.10. The van der Waals surface area contributed by atoms with Crippen LogP contribution in [0.3, 0.4) is 0 Å². The quantitative estimate of drug-likeness (QED) is 0.388. The van der Waals surface area contributed by atoms with Crippen LogP contribution >= 0.6 is 35.3 Å². The van der Waals surface area contributed by atoms with Gasteiger partial charge in [-0.25, -0.2) is 4.98 Å². The number of hydrogen-bond donors (Lipinski definition) is 0. The summed E-state index contributed by atoms with van der Waals surface area (Å²) in [4.78, 5) is 22.8. The summed E-state index contributed by atoms with van der Waals surface area (Å²) in [7, 11) is 0. The Kier molecular flexibility index (Phi) is 9.35. The van der Waals surface area contributed by atoms with Crippen LogP contribution in [0.2, 0.25) is 5.02 Å². The molecule has 3 aromatic rings. The van der Waals surface area contributed by atoms with Crippen molar-refractivity contribution in [1.29, 1.82) is 0 Å². The molecule has 0 spiro atoms. The van der Waals surface area contributed by atoms with E-state index in [1.165, 1.54) is 16.9 Å². The van der Waals surface area contributed by atoms with Crippen molar-refractivity contribution in [2.45, 2.75) is 40.5 Å². The lowest BCUT2D eigenvalue weighted by atomic mass is 9.97. The number of nitrogens with zero attached hydrogens (tertiary/aromatic N) is 3. The molecule has 0 unspecified atom stereocenters. The van der Waals surface area contributed by atoms with Crippen molar-refractivity contribution >= 4 is 56.6 Å².